The van der Waals surface area contributed by atoms with Gasteiger partial charge in [0.15, 0.2) is 6.61 Å². The Morgan fingerprint density at radius 2 is 1.75 bits per heavy atom. The lowest BCUT2D eigenvalue weighted by atomic mass is 10.1. The fourth-order valence-corrected chi connectivity index (χ4v) is 2.87. The molecule has 150 valence electrons. The van der Waals surface area contributed by atoms with E-state index < -0.39 is 0 Å². The third-order valence-corrected chi connectivity index (χ3v) is 4.50. The van der Waals surface area contributed by atoms with Crippen LogP contribution in [0.15, 0.2) is 42.5 Å². The second-order valence-electron chi connectivity index (χ2n) is 6.07. The Bertz CT molecular complexity index is 805. The van der Waals surface area contributed by atoms with Crippen LogP contribution in [0.5, 0.6) is 11.5 Å². The minimum atomic E-state index is -0.161. The molecule has 2 aromatic rings. The molecular formula is C21H25ClN2O4. The number of anilines is 1. The largest absolute Gasteiger partial charge is 0.497 e. The van der Waals surface area contributed by atoms with Gasteiger partial charge in [0.1, 0.15) is 11.5 Å². The summed E-state index contributed by atoms with van der Waals surface area (Å²) in [5.41, 5.74) is 1.44. The monoisotopic (exact) mass is 404 g/mol. The fraction of sp³-hybridized carbons (Fsp3) is 0.333. The summed E-state index contributed by atoms with van der Waals surface area (Å²) >= 11 is 6.22. The number of halogens is 1. The molecule has 0 bridgehead atoms. The van der Waals surface area contributed by atoms with Crippen molar-refractivity contribution in [3.8, 4) is 11.5 Å². The first-order valence-corrected chi connectivity index (χ1v) is 9.47. The Kier molecular flexibility index (Phi) is 8.14. The number of carbonyl (C=O) groups excluding carboxylic acids is 2. The Labute approximate surface area is 170 Å². The number of hydrogen-bond acceptors (Lipinski definition) is 4. The normalized spacial score (nSPS) is 10.3. The molecular weight excluding hydrogens is 380 g/mol. The molecule has 0 atom stereocenters. The molecule has 0 aliphatic rings. The van der Waals surface area contributed by atoms with E-state index in [1.807, 2.05) is 38.1 Å². The molecule has 7 heteroatoms. The molecule has 0 saturated heterocycles. The van der Waals surface area contributed by atoms with Gasteiger partial charge < -0.3 is 19.7 Å². The summed E-state index contributed by atoms with van der Waals surface area (Å²) in [6.45, 7) is 5.01. The van der Waals surface area contributed by atoms with Crippen molar-refractivity contribution < 1.29 is 19.1 Å². The third-order valence-electron chi connectivity index (χ3n) is 4.21. The quantitative estimate of drug-likeness (QED) is 0.690. The van der Waals surface area contributed by atoms with Gasteiger partial charge in [-0.3, -0.25) is 9.59 Å². The van der Waals surface area contributed by atoms with Crippen molar-refractivity contribution in [2.75, 3.05) is 32.1 Å². The fourth-order valence-electron chi connectivity index (χ4n) is 2.64. The highest BCUT2D eigenvalue weighted by molar-refractivity contribution is 6.32. The van der Waals surface area contributed by atoms with Crippen LogP contribution in [-0.4, -0.2) is 43.5 Å². The third kappa shape index (κ3) is 6.16. The molecule has 0 saturated carbocycles. The second kappa shape index (κ2) is 10.6. The number of methoxy groups -OCH3 is 1. The number of likely N-dealkylation sites (N-methyl/N-ethyl adjacent to an activating group) is 1. The Morgan fingerprint density at radius 3 is 2.32 bits per heavy atom. The Hall–Kier alpha value is -2.73. The lowest BCUT2D eigenvalue weighted by Crippen LogP contribution is -2.34. The predicted octanol–water partition coefficient (Wildman–Crippen LogP) is 3.78. The standard InChI is InChI=1S/C21H25ClN2O4/c1-4-24(5-2)21(26)14-28-19-11-8-16(13-18(19)22)23-20(25)12-15-6-9-17(27-3)10-7-15/h6-11,13H,4-5,12,14H2,1-3H3,(H,23,25). The zero-order valence-electron chi connectivity index (χ0n) is 16.3. The molecule has 2 rings (SSSR count). The van der Waals surface area contributed by atoms with E-state index >= 15 is 0 Å². The van der Waals surface area contributed by atoms with E-state index in [0.29, 0.717) is 29.5 Å². The van der Waals surface area contributed by atoms with Gasteiger partial charge in [-0.25, -0.2) is 0 Å². The van der Waals surface area contributed by atoms with Gasteiger partial charge in [0.2, 0.25) is 5.91 Å². The Morgan fingerprint density at radius 1 is 1.07 bits per heavy atom. The number of amides is 2. The number of nitrogens with one attached hydrogen (secondary N) is 1. The molecule has 1 N–H and O–H groups in total. The van der Waals surface area contributed by atoms with Crippen LogP contribution in [0.25, 0.3) is 0 Å². The van der Waals surface area contributed by atoms with Crippen molar-refractivity contribution in [2.45, 2.75) is 20.3 Å². The topological polar surface area (TPSA) is 67.9 Å². The maximum atomic E-state index is 12.2. The van der Waals surface area contributed by atoms with Gasteiger partial charge in [0.25, 0.3) is 5.91 Å². The van der Waals surface area contributed by atoms with Crippen LogP contribution in [0.4, 0.5) is 5.69 Å². The van der Waals surface area contributed by atoms with Gasteiger partial charge in [-0.2, -0.15) is 0 Å². The van der Waals surface area contributed by atoms with Crippen LogP contribution in [0, 0.1) is 0 Å². The molecule has 0 aliphatic carbocycles. The highest BCUT2D eigenvalue weighted by Gasteiger charge is 2.12. The average molecular weight is 405 g/mol. The number of hydrogen-bond donors (Lipinski definition) is 1. The van der Waals surface area contributed by atoms with Crippen molar-refractivity contribution in [3.63, 3.8) is 0 Å². The molecule has 0 aliphatic heterocycles. The van der Waals surface area contributed by atoms with Gasteiger partial charge in [-0.1, -0.05) is 23.7 Å². The van der Waals surface area contributed by atoms with Crippen LogP contribution < -0.4 is 14.8 Å². The maximum absolute atomic E-state index is 12.2. The van der Waals surface area contributed by atoms with E-state index in [2.05, 4.69) is 5.32 Å². The van der Waals surface area contributed by atoms with Crippen molar-refractivity contribution >= 4 is 29.1 Å². The molecule has 0 aromatic heterocycles. The summed E-state index contributed by atoms with van der Waals surface area (Å²) in [6, 6.07) is 12.2. The molecule has 0 unspecified atom stereocenters. The number of carbonyl (C=O) groups is 2. The predicted molar refractivity (Wildman–Crippen MR) is 110 cm³/mol. The lowest BCUT2D eigenvalue weighted by Gasteiger charge is -2.19. The van der Waals surface area contributed by atoms with Gasteiger partial charge in [0.05, 0.1) is 18.6 Å². The molecule has 0 radical (unpaired) electrons. The minimum Gasteiger partial charge on any atom is -0.497 e. The highest BCUT2D eigenvalue weighted by Crippen LogP contribution is 2.28. The van der Waals surface area contributed by atoms with Gasteiger partial charge >= 0.3 is 0 Å². The zero-order valence-corrected chi connectivity index (χ0v) is 17.1. The van der Waals surface area contributed by atoms with E-state index in [4.69, 9.17) is 21.1 Å². The number of ether oxygens (including phenoxy) is 2. The molecule has 6 nitrogen and oxygen atoms in total. The minimum absolute atomic E-state index is 0.0788. The smallest absolute Gasteiger partial charge is 0.260 e. The van der Waals surface area contributed by atoms with Crippen LogP contribution in [-0.2, 0) is 16.0 Å². The molecule has 0 heterocycles. The first kappa shape index (κ1) is 21.6. The molecule has 0 spiro atoms. The summed E-state index contributed by atoms with van der Waals surface area (Å²) in [4.78, 5) is 25.9. The number of rotatable bonds is 9. The summed E-state index contributed by atoms with van der Waals surface area (Å²) in [5.74, 6) is 0.880. The van der Waals surface area contributed by atoms with E-state index in [1.54, 1.807) is 30.2 Å². The maximum Gasteiger partial charge on any atom is 0.260 e. The van der Waals surface area contributed by atoms with E-state index in [0.717, 1.165) is 11.3 Å². The first-order valence-electron chi connectivity index (χ1n) is 9.09. The van der Waals surface area contributed by atoms with E-state index in [1.165, 1.54) is 0 Å². The van der Waals surface area contributed by atoms with Gasteiger partial charge in [-0.05, 0) is 49.7 Å². The van der Waals surface area contributed by atoms with Crippen molar-refractivity contribution in [2.24, 2.45) is 0 Å². The summed E-state index contributed by atoms with van der Waals surface area (Å²) in [7, 11) is 1.60. The van der Waals surface area contributed by atoms with Crippen molar-refractivity contribution in [1.29, 1.82) is 0 Å². The van der Waals surface area contributed by atoms with E-state index in [9.17, 15) is 9.59 Å². The average Bonchev–Trinajstić information content (AvgIpc) is 2.68. The van der Waals surface area contributed by atoms with Crippen LogP contribution in [0.2, 0.25) is 5.02 Å². The van der Waals surface area contributed by atoms with Crippen molar-refractivity contribution in [3.05, 3.63) is 53.1 Å². The lowest BCUT2D eigenvalue weighted by molar-refractivity contribution is -0.133. The van der Waals surface area contributed by atoms with Crippen LogP contribution in [0.1, 0.15) is 19.4 Å². The second-order valence-corrected chi connectivity index (χ2v) is 6.48. The molecule has 28 heavy (non-hydrogen) atoms. The summed E-state index contributed by atoms with van der Waals surface area (Å²) in [5, 5.41) is 3.13. The van der Waals surface area contributed by atoms with Crippen LogP contribution in [0.3, 0.4) is 0 Å². The molecule has 0 fully saturated rings. The Balaban J connectivity index is 1.91. The number of benzene rings is 2. The first-order chi connectivity index (χ1) is 13.5. The van der Waals surface area contributed by atoms with Gasteiger partial charge in [0, 0.05) is 18.8 Å². The SMILES string of the molecule is CCN(CC)C(=O)COc1ccc(NC(=O)Cc2ccc(OC)cc2)cc1Cl. The summed E-state index contributed by atoms with van der Waals surface area (Å²) in [6.07, 6.45) is 0.234. The molecule has 2 amide bonds. The zero-order chi connectivity index (χ0) is 20.5. The van der Waals surface area contributed by atoms with Crippen LogP contribution >= 0.6 is 11.6 Å². The number of nitrogens with zero attached hydrogens (tertiary/aromatic N) is 1. The van der Waals surface area contributed by atoms with E-state index in [-0.39, 0.29) is 24.8 Å². The summed E-state index contributed by atoms with van der Waals surface area (Å²) < 4.78 is 10.6. The highest BCUT2D eigenvalue weighted by atomic mass is 35.5. The van der Waals surface area contributed by atoms with Crippen molar-refractivity contribution in [1.82, 2.24) is 4.90 Å². The molecule has 2 aromatic carbocycles. The van der Waals surface area contributed by atoms with Gasteiger partial charge in [-0.15, -0.1) is 0 Å².